The maximum absolute atomic E-state index is 12.2. The van der Waals surface area contributed by atoms with Gasteiger partial charge in [0.15, 0.2) is 0 Å². The topological polar surface area (TPSA) is 105 Å². The van der Waals surface area contributed by atoms with E-state index < -0.39 is 6.04 Å². The molecule has 1 aliphatic carbocycles. The van der Waals surface area contributed by atoms with Crippen molar-refractivity contribution in [3.8, 4) is 0 Å². The standard InChI is InChI=1S/C13H17N5O/c14-7-10(15)13-16-11-6-5-8-3-1-2-4-9(8)12(11)18(19)17-13/h5-6,10H,1-4,7,14-15H2. The molecule has 4 N–H and O–H groups in total. The Morgan fingerprint density at radius 2 is 2.11 bits per heavy atom. The number of rotatable bonds is 2. The third-order valence-corrected chi connectivity index (χ3v) is 3.69. The van der Waals surface area contributed by atoms with Crippen molar-refractivity contribution in [3.63, 3.8) is 0 Å². The summed E-state index contributed by atoms with van der Waals surface area (Å²) in [6.07, 6.45) is 4.22. The maximum atomic E-state index is 12.2. The number of fused-ring (bicyclic) bond motifs is 3. The Labute approximate surface area is 111 Å². The van der Waals surface area contributed by atoms with E-state index in [0.29, 0.717) is 21.7 Å². The van der Waals surface area contributed by atoms with E-state index in [-0.39, 0.29) is 6.54 Å². The molecule has 1 aromatic heterocycles. The molecule has 6 nitrogen and oxygen atoms in total. The highest BCUT2D eigenvalue weighted by Gasteiger charge is 2.22. The van der Waals surface area contributed by atoms with E-state index >= 15 is 0 Å². The van der Waals surface area contributed by atoms with Gasteiger partial charge in [0.05, 0.1) is 6.04 Å². The third-order valence-electron chi connectivity index (χ3n) is 3.69. The summed E-state index contributed by atoms with van der Waals surface area (Å²) in [5.74, 6) is 0.306. The van der Waals surface area contributed by atoms with Crippen LogP contribution in [0.15, 0.2) is 12.1 Å². The zero-order valence-electron chi connectivity index (χ0n) is 10.7. The van der Waals surface area contributed by atoms with Gasteiger partial charge in [-0.15, -0.1) is 0 Å². The first kappa shape index (κ1) is 12.3. The van der Waals surface area contributed by atoms with Crippen LogP contribution in [0.5, 0.6) is 0 Å². The number of nitrogens with zero attached hydrogens (tertiary/aromatic N) is 3. The van der Waals surface area contributed by atoms with Crippen molar-refractivity contribution in [1.29, 1.82) is 0 Å². The summed E-state index contributed by atoms with van der Waals surface area (Å²) in [5.41, 5.74) is 14.9. The molecule has 0 bridgehead atoms. The maximum Gasteiger partial charge on any atom is 0.273 e. The summed E-state index contributed by atoms with van der Waals surface area (Å²) in [6, 6.07) is 3.43. The lowest BCUT2D eigenvalue weighted by Gasteiger charge is -2.16. The van der Waals surface area contributed by atoms with Crippen LogP contribution in [0.3, 0.4) is 0 Å². The van der Waals surface area contributed by atoms with Crippen molar-refractivity contribution in [1.82, 2.24) is 10.1 Å². The predicted molar refractivity (Wildman–Crippen MR) is 71.1 cm³/mol. The van der Waals surface area contributed by atoms with E-state index in [1.807, 2.05) is 6.07 Å². The molecule has 0 aliphatic heterocycles. The van der Waals surface area contributed by atoms with Crippen LogP contribution < -0.4 is 16.3 Å². The average molecular weight is 259 g/mol. The fourth-order valence-electron chi connectivity index (χ4n) is 2.65. The molecule has 1 unspecified atom stereocenters. The highest BCUT2D eigenvalue weighted by Crippen LogP contribution is 2.26. The number of aromatic nitrogens is 3. The van der Waals surface area contributed by atoms with Gasteiger partial charge in [-0.05, 0) is 42.2 Å². The Bertz CT molecular complexity index is 628. The first-order valence-electron chi connectivity index (χ1n) is 6.58. The summed E-state index contributed by atoms with van der Waals surface area (Å²) >= 11 is 0. The second-order valence-electron chi connectivity index (χ2n) is 4.96. The number of aryl methyl sites for hydroxylation is 2. The molecule has 100 valence electrons. The van der Waals surface area contributed by atoms with Crippen LogP contribution in [0.25, 0.3) is 11.0 Å². The van der Waals surface area contributed by atoms with Crippen LogP contribution in [0.4, 0.5) is 0 Å². The molecule has 0 saturated carbocycles. The SMILES string of the molecule is NCC(N)c1nc2ccc3c(c2[n+]([O-])n1)CCCC3. The lowest BCUT2D eigenvalue weighted by atomic mass is 9.90. The molecule has 19 heavy (non-hydrogen) atoms. The number of nitrogens with two attached hydrogens (primary N) is 2. The van der Waals surface area contributed by atoms with Gasteiger partial charge in [-0.25, -0.2) is 4.98 Å². The Balaban J connectivity index is 2.22. The quantitative estimate of drug-likeness (QED) is 0.588. The van der Waals surface area contributed by atoms with Gasteiger partial charge in [0.1, 0.15) is 5.52 Å². The zero-order valence-corrected chi connectivity index (χ0v) is 10.7. The van der Waals surface area contributed by atoms with Crippen LogP contribution in [0, 0.1) is 5.21 Å². The lowest BCUT2D eigenvalue weighted by molar-refractivity contribution is -0.644. The number of benzene rings is 1. The van der Waals surface area contributed by atoms with E-state index in [4.69, 9.17) is 11.5 Å². The highest BCUT2D eigenvalue weighted by atomic mass is 16.5. The van der Waals surface area contributed by atoms with Crippen LogP contribution in [-0.2, 0) is 12.8 Å². The Morgan fingerprint density at radius 1 is 1.32 bits per heavy atom. The summed E-state index contributed by atoms with van der Waals surface area (Å²) < 4.78 is 0. The average Bonchev–Trinajstić information content (AvgIpc) is 2.45. The van der Waals surface area contributed by atoms with Gasteiger partial charge < -0.3 is 16.7 Å². The monoisotopic (exact) mass is 259 g/mol. The smallest absolute Gasteiger partial charge is 0.273 e. The largest absolute Gasteiger partial charge is 0.594 e. The molecular weight excluding hydrogens is 242 g/mol. The van der Waals surface area contributed by atoms with Gasteiger partial charge in [-0.1, -0.05) is 6.07 Å². The lowest BCUT2D eigenvalue weighted by Crippen LogP contribution is -2.38. The summed E-state index contributed by atoms with van der Waals surface area (Å²) in [7, 11) is 0. The molecule has 1 heterocycles. The summed E-state index contributed by atoms with van der Waals surface area (Å²) in [5, 5.41) is 16.1. The van der Waals surface area contributed by atoms with E-state index in [2.05, 4.69) is 16.1 Å². The highest BCUT2D eigenvalue weighted by molar-refractivity contribution is 5.76. The fraction of sp³-hybridized carbons (Fsp3) is 0.462. The molecule has 6 heteroatoms. The predicted octanol–water partition coefficient (Wildman–Crippen LogP) is 0.101. The van der Waals surface area contributed by atoms with Gasteiger partial charge >= 0.3 is 0 Å². The third kappa shape index (κ3) is 2.02. The summed E-state index contributed by atoms with van der Waals surface area (Å²) in [4.78, 5) is 5.04. The Kier molecular flexibility index (Phi) is 3.04. The minimum atomic E-state index is -0.499. The van der Waals surface area contributed by atoms with E-state index in [1.54, 1.807) is 0 Å². The van der Waals surface area contributed by atoms with Gasteiger partial charge in [0, 0.05) is 17.2 Å². The van der Waals surface area contributed by atoms with E-state index in [0.717, 1.165) is 24.8 Å². The van der Waals surface area contributed by atoms with E-state index in [1.165, 1.54) is 12.0 Å². The molecule has 0 amide bonds. The minimum absolute atomic E-state index is 0.219. The van der Waals surface area contributed by atoms with Crippen LogP contribution in [0.2, 0.25) is 0 Å². The molecule has 1 atom stereocenters. The molecule has 0 saturated heterocycles. The van der Waals surface area contributed by atoms with Crippen molar-refractivity contribution < 1.29 is 4.85 Å². The van der Waals surface area contributed by atoms with Crippen molar-refractivity contribution in [3.05, 3.63) is 34.3 Å². The first-order valence-corrected chi connectivity index (χ1v) is 6.58. The van der Waals surface area contributed by atoms with Gasteiger partial charge in [-0.3, -0.25) is 0 Å². The second kappa shape index (κ2) is 4.71. The first-order chi connectivity index (χ1) is 9.20. The molecule has 0 radical (unpaired) electrons. The molecular formula is C13H17N5O. The zero-order chi connectivity index (χ0) is 13.4. The van der Waals surface area contributed by atoms with Crippen LogP contribution in [0.1, 0.15) is 35.8 Å². The second-order valence-corrected chi connectivity index (χ2v) is 4.96. The van der Waals surface area contributed by atoms with Crippen molar-refractivity contribution in [2.24, 2.45) is 11.5 Å². The normalized spacial score (nSPS) is 16.3. The van der Waals surface area contributed by atoms with Crippen LogP contribution >= 0.6 is 0 Å². The van der Waals surface area contributed by atoms with Gasteiger partial charge in [0.25, 0.3) is 5.52 Å². The van der Waals surface area contributed by atoms with Gasteiger partial charge in [0.2, 0.25) is 5.82 Å². The van der Waals surface area contributed by atoms with E-state index in [9.17, 15) is 5.21 Å². The summed E-state index contributed by atoms with van der Waals surface area (Å²) in [6.45, 7) is 0.219. The molecule has 0 spiro atoms. The molecule has 1 aromatic carbocycles. The molecule has 2 aromatic rings. The Hall–Kier alpha value is -1.79. The molecule has 3 rings (SSSR count). The van der Waals surface area contributed by atoms with Crippen molar-refractivity contribution in [2.45, 2.75) is 31.7 Å². The number of hydrogen-bond donors (Lipinski definition) is 2. The van der Waals surface area contributed by atoms with Crippen molar-refractivity contribution in [2.75, 3.05) is 6.54 Å². The van der Waals surface area contributed by atoms with Crippen molar-refractivity contribution >= 4 is 11.0 Å². The molecule has 0 fully saturated rings. The molecule has 1 aliphatic rings. The van der Waals surface area contributed by atoms with Crippen LogP contribution in [-0.4, -0.2) is 16.6 Å². The number of hydrogen-bond acceptors (Lipinski definition) is 5. The van der Waals surface area contributed by atoms with Gasteiger partial charge in [-0.2, -0.15) is 0 Å². The minimum Gasteiger partial charge on any atom is -0.594 e. The fourth-order valence-corrected chi connectivity index (χ4v) is 2.65. The Morgan fingerprint density at radius 3 is 2.89 bits per heavy atom.